The highest BCUT2D eigenvalue weighted by atomic mass is 32.2. The van der Waals surface area contributed by atoms with Crippen LogP contribution in [0.4, 0.5) is 10.1 Å². The van der Waals surface area contributed by atoms with Crippen molar-refractivity contribution in [1.82, 2.24) is 15.2 Å². The van der Waals surface area contributed by atoms with Crippen molar-refractivity contribution in [1.29, 1.82) is 0 Å². The van der Waals surface area contributed by atoms with E-state index in [1.807, 2.05) is 0 Å². The van der Waals surface area contributed by atoms with Crippen LogP contribution in [-0.2, 0) is 10.0 Å². The highest BCUT2D eigenvalue weighted by Gasteiger charge is 2.26. The van der Waals surface area contributed by atoms with Crippen LogP contribution in [-0.4, -0.2) is 23.6 Å². The minimum atomic E-state index is -3.92. The predicted molar refractivity (Wildman–Crippen MR) is 90.2 cm³/mol. The third-order valence-electron chi connectivity index (χ3n) is 3.80. The molecule has 0 spiro atoms. The standard InChI is InChI=1S/C16H17FN4O3S/c1-8-5-6-12(7-13(8)17)21-25(22,23)15-9(2)14(18-10(15)3)16-20-19-11(4)24-16/h5-7,18,21H,1-4H3. The fraction of sp³-hybridized carbons (Fsp3) is 0.250. The average Bonchev–Trinajstić information content (AvgIpc) is 3.06. The quantitative estimate of drug-likeness (QED) is 0.740. The lowest BCUT2D eigenvalue weighted by Crippen LogP contribution is -2.14. The van der Waals surface area contributed by atoms with Gasteiger partial charge in [0.1, 0.15) is 16.4 Å². The molecule has 2 aromatic heterocycles. The highest BCUT2D eigenvalue weighted by molar-refractivity contribution is 7.92. The zero-order valence-corrected chi connectivity index (χ0v) is 15.0. The molecule has 0 unspecified atom stereocenters. The van der Waals surface area contributed by atoms with Crippen LogP contribution in [0.15, 0.2) is 27.5 Å². The van der Waals surface area contributed by atoms with E-state index in [0.29, 0.717) is 28.4 Å². The second-order valence-electron chi connectivity index (χ2n) is 5.77. The summed E-state index contributed by atoms with van der Waals surface area (Å²) in [5.74, 6) is 0.102. The topological polar surface area (TPSA) is 101 Å². The number of sulfonamides is 1. The van der Waals surface area contributed by atoms with Crippen LogP contribution in [0.25, 0.3) is 11.6 Å². The number of nitrogens with one attached hydrogen (secondary N) is 2. The van der Waals surface area contributed by atoms with Crippen LogP contribution in [0.5, 0.6) is 0 Å². The second-order valence-corrected chi connectivity index (χ2v) is 7.39. The lowest BCUT2D eigenvalue weighted by molar-refractivity contribution is 0.531. The highest BCUT2D eigenvalue weighted by Crippen LogP contribution is 2.31. The second kappa shape index (κ2) is 5.99. The number of nitrogens with zero attached hydrogens (tertiary/aromatic N) is 2. The zero-order valence-electron chi connectivity index (χ0n) is 14.1. The molecule has 3 aromatic rings. The van der Waals surface area contributed by atoms with Crippen molar-refractivity contribution in [3.63, 3.8) is 0 Å². The molecule has 2 N–H and O–H groups in total. The molecule has 3 rings (SSSR count). The Kier molecular flexibility index (Phi) is 4.11. The van der Waals surface area contributed by atoms with Gasteiger partial charge in [-0.15, -0.1) is 10.2 Å². The van der Waals surface area contributed by atoms with Gasteiger partial charge < -0.3 is 9.40 Å². The summed E-state index contributed by atoms with van der Waals surface area (Å²) < 4.78 is 47.0. The molecule has 0 fully saturated rings. The first-order chi connectivity index (χ1) is 11.7. The molecule has 0 aliphatic heterocycles. The van der Waals surface area contributed by atoms with E-state index in [1.54, 1.807) is 27.7 Å². The average molecular weight is 364 g/mol. The number of aryl methyl sites for hydroxylation is 3. The number of aromatic nitrogens is 3. The van der Waals surface area contributed by atoms with Gasteiger partial charge >= 0.3 is 0 Å². The SMILES string of the molecule is Cc1nnc(-c2[nH]c(C)c(S(=O)(=O)Nc3ccc(C)c(F)c3)c2C)o1. The van der Waals surface area contributed by atoms with Crippen molar-refractivity contribution < 1.29 is 17.2 Å². The Labute approximate surface area is 144 Å². The minimum absolute atomic E-state index is 0.0688. The van der Waals surface area contributed by atoms with Crippen LogP contribution >= 0.6 is 0 Å². The van der Waals surface area contributed by atoms with Crippen LogP contribution in [0.2, 0.25) is 0 Å². The minimum Gasteiger partial charge on any atom is -0.420 e. The van der Waals surface area contributed by atoms with E-state index >= 15 is 0 Å². The molecule has 0 bridgehead atoms. The number of benzene rings is 1. The molecule has 0 atom stereocenters. The molecule has 0 saturated carbocycles. The first-order valence-corrected chi connectivity index (χ1v) is 8.96. The molecule has 2 heterocycles. The van der Waals surface area contributed by atoms with Crippen LogP contribution in [0.3, 0.4) is 0 Å². The molecule has 9 heteroatoms. The summed E-state index contributed by atoms with van der Waals surface area (Å²) in [5.41, 5.74) is 1.89. The van der Waals surface area contributed by atoms with Gasteiger partial charge in [-0.3, -0.25) is 4.72 Å². The molecule has 132 valence electrons. The van der Waals surface area contributed by atoms with Gasteiger partial charge in [-0.25, -0.2) is 12.8 Å². The fourth-order valence-electron chi connectivity index (χ4n) is 2.61. The van der Waals surface area contributed by atoms with Crippen LogP contribution in [0, 0.1) is 33.5 Å². The molecule has 25 heavy (non-hydrogen) atoms. The Balaban J connectivity index is 2.02. The van der Waals surface area contributed by atoms with E-state index in [0.717, 1.165) is 6.07 Å². The normalized spacial score (nSPS) is 11.7. The van der Waals surface area contributed by atoms with Gasteiger partial charge in [0, 0.05) is 18.2 Å². The zero-order chi connectivity index (χ0) is 18.4. The van der Waals surface area contributed by atoms with Gasteiger partial charge in [-0.05, 0) is 38.5 Å². The summed E-state index contributed by atoms with van der Waals surface area (Å²) in [7, 11) is -3.92. The Hall–Kier alpha value is -2.68. The molecule has 0 aliphatic rings. The van der Waals surface area contributed by atoms with E-state index in [1.165, 1.54) is 12.1 Å². The van der Waals surface area contributed by atoms with Gasteiger partial charge in [0.15, 0.2) is 0 Å². The lowest BCUT2D eigenvalue weighted by Gasteiger charge is -2.09. The maximum atomic E-state index is 13.7. The predicted octanol–water partition coefficient (Wildman–Crippen LogP) is 3.24. The maximum absolute atomic E-state index is 13.7. The first kappa shape index (κ1) is 17.2. The number of hydrogen-bond donors (Lipinski definition) is 2. The number of hydrogen-bond acceptors (Lipinski definition) is 5. The van der Waals surface area contributed by atoms with Gasteiger partial charge in [0.25, 0.3) is 15.9 Å². The van der Waals surface area contributed by atoms with Crippen molar-refractivity contribution in [3.05, 3.63) is 46.7 Å². The summed E-state index contributed by atoms with van der Waals surface area (Å²) in [4.78, 5) is 3.03. The molecule has 7 nitrogen and oxygen atoms in total. The van der Waals surface area contributed by atoms with E-state index in [4.69, 9.17) is 4.42 Å². The van der Waals surface area contributed by atoms with E-state index in [-0.39, 0.29) is 16.5 Å². The van der Waals surface area contributed by atoms with Gasteiger partial charge in [0.05, 0.1) is 5.69 Å². The number of aromatic amines is 1. The summed E-state index contributed by atoms with van der Waals surface area (Å²) in [6.45, 7) is 6.52. The number of H-pyrrole nitrogens is 1. The van der Waals surface area contributed by atoms with Crippen molar-refractivity contribution in [2.45, 2.75) is 32.6 Å². The van der Waals surface area contributed by atoms with Crippen molar-refractivity contribution >= 4 is 15.7 Å². The molecule has 0 radical (unpaired) electrons. The summed E-state index contributed by atoms with van der Waals surface area (Å²) in [6, 6.07) is 4.17. The smallest absolute Gasteiger partial charge is 0.264 e. The summed E-state index contributed by atoms with van der Waals surface area (Å²) in [5, 5.41) is 7.65. The molecular weight excluding hydrogens is 347 g/mol. The molecule has 0 amide bonds. The van der Waals surface area contributed by atoms with Crippen LogP contribution < -0.4 is 4.72 Å². The molecule has 0 aliphatic carbocycles. The Morgan fingerprint density at radius 3 is 2.48 bits per heavy atom. The lowest BCUT2D eigenvalue weighted by atomic mass is 10.2. The summed E-state index contributed by atoms with van der Waals surface area (Å²) in [6.07, 6.45) is 0. The Morgan fingerprint density at radius 2 is 1.88 bits per heavy atom. The number of anilines is 1. The molecule has 1 aromatic carbocycles. The van der Waals surface area contributed by atoms with Gasteiger partial charge in [-0.1, -0.05) is 6.07 Å². The van der Waals surface area contributed by atoms with Gasteiger partial charge in [-0.2, -0.15) is 0 Å². The maximum Gasteiger partial charge on any atom is 0.264 e. The van der Waals surface area contributed by atoms with E-state index in [2.05, 4.69) is 19.9 Å². The fourth-order valence-corrected chi connectivity index (χ4v) is 4.11. The Bertz CT molecular complexity index is 1050. The van der Waals surface area contributed by atoms with E-state index < -0.39 is 15.8 Å². The monoisotopic (exact) mass is 364 g/mol. The number of halogens is 1. The summed E-state index contributed by atoms with van der Waals surface area (Å²) >= 11 is 0. The van der Waals surface area contributed by atoms with Crippen molar-refractivity contribution in [3.8, 4) is 11.6 Å². The van der Waals surface area contributed by atoms with Crippen molar-refractivity contribution in [2.24, 2.45) is 0 Å². The van der Waals surface area contributed by atoms with Gasteiger partial charge in [0.2, 0.25) is 5.89 Å². The van der Waals surface area contributed by atoms with E-state index in [9.17, 15) is 12.8 Å². The largest absolute Gasteiger partial charge is 0.420 e. The van der Waals surface area contributed by atoms with Crippen LogP contribution in [0.1, 0.15) is 22.7 Å². The first-order valence-electron chi connectivity index (χ1n) is 7.47. The molecular formula is C16H17FN4O3S. The number of rotatable bonds is 4. The Morgan fingerprint density at radius 1 is 1.16 bits per heavy atom. The molecule has 0 saturated heterocycles. The third-order valence-corrected chi connectivity index (χ3v) is 5.46. The van der Waals surface area contributed by atoms with Crippen molar-refractivity contribution in [2.75, 3.05) is 4.72 Å². The third kappa shape index (κ3) is 3.14.